The first-order valence-corrected chi connectivity index (χ1v) is 6.30. The number of aliphatic carboxylic acids is 1. The second-order valence-electron chi connectivity index (χ2n) is 5.15. The summed E-state index contributed by atoms with van der Waals surface area (Å²) in [6.07, 6.45) is 1.29. The van der Waals surface area contributed by atoms with Crippen molar-refractivity contribution in [3.05, 3.63) is 0 Å². The van der Waals surface area contributed by atoms with Crippen LogP contribution in [-0.2, 0) is 19.1 Å². The van der Waals surface area contributed by atoms with Gasteiger partial charge in [-0.25, -0.2) is 4.79 Å². The van der Waals surface area contributed by atoms with Crippen LogP contribution in [0.25, 0.3) is 0 Å². The van der Waals surface area contributed by atoms with Crippen molar-refractivity contribution >= 4 is 11.9 Å². The van der Waals surface area contributed by atoms with Crippen molar-refractivity contribution in [1.29, 1.82) is 0 Å². The van der Waals surface area contributed by atoms with Gasteiger partial charge in [0.05, 0.1) is 5.60 Å². The van der Waals surface area contributed by atoms with Crippen molar-refractivity contribution in [2.45, 2.75) is 50.4 Å². The van der Waals surface area contributed by atoms with Crippen molar-refractivity contribution in [2.24, 2.45) is 0 Å². The number of carbonyl (C=O) groups is 2. The molecule has 6 nitrogen and oxygen atoms in total. The topological polar surface area (TPSA) is 84.9 Å². The largest absolute Gasteiger partial charge is 0.479 e. The molecule has 102 valence electrons. The Morgan fingerprint density at radius 2 is 2.11 bits per heavy atom. The monoisotopic (exact) mass is 257 g/mol. The normalized spacial score (nSPS) is 35.6. The first-order valence-electron chi connectivity index (χ1n) is 6.30. The van der Waals surface area contributed by atoms with Gasteiger partial charge < -0.3 is 19.9 Å². The van der Waals surface area contributed by atoms with Crippen LogP contribution in [0.3, 0.4) is 0 Å². The van der Waals surface area contributed by atoms with E-state index in [4.69, 9.17) is 14.6 Å². The van der Waals surface area contributed by atoms with Gasteiger partial charge in [0.1, 0.15) is 6.10 Å². The lowest BCUT2D eigenvalue weighted by Gasteiger charge is -2.24. The van der Waals surface area contributed by atoms with Crippen molar-refractivity contribution in [3.8, 4) is 0 Å². The SMILES string of the molecule is CC1(CNC(=O)C2CCC(C(=O)O)O2)CCCO1. The van der Waals surface area contributed by atoms with Crippen molar-refractivity contribution in [2.75, 3.05) is 13.2 Å². The van der Waals surface area contributed by atoms with Crippen LogP contribution >= 0.6 is 0 Å². The van der Waals surface area contributed by atoms with Crippen LogP contribution in [0.4, 0.5) is 0 Å². The van der Waals surface area contributed by atoms with Gasteiger partial charge in [-0.05, 0) is 32.6 Å². The van der Waals surface area contributed by atoms with Gasteiger partial charge in [-0.2, -0.15) is 0 Å². The second-order valence-corrected chi connectivity index (χ2v) is 5.15. The molecule has 0 radical (unpaired) electrons. The number of carboxylic acid groups (broad SMARTS) is 1. The maximum Gasteiger partial charge on any atom is 0.332 e. The van der Waals surface area contributed by atoms with Gasteiger partial charge in [0.15, 0.2) is 6.10 Å². The number of carbonyl (C=O) groups excluding carboxylic acids is 1. The molecule has 2 fully saturated rings. The third-order valence-electron chi connectivity index (χ3n) is 3.52. The summed E-state index contributed by atoms with van der Waals surface area (Å²) in [7, 11) is 0. The lowest BCUT2D eigenvalue weighted by atomic mass is 10.0. The van der Waals surface area contributed by atoms with Gasteiger partial charge >= 0.3 is 5.97 Å². The zero-order valence-electron chi connectivity index (χ0n) is 10.5. The van der Waals surface area contributed by atoms with E-state index in [1.165, 1.54) is 0 Å². The summed E-state index contributed by atoms with van der Waals surface area (Å²) in [4.78, 5) is 22.5. The summed E-state index contributed by atoms with van der Waals surface area (Å²) in [6, 6.07) is 0. The minimum absolute atomic E-state index is 0.240. The molecule has 2 aliphatic rings. The summed E-state index contributed by atoms with van der Waals surface area (Å²) < 4.78 is 10.7. The van der Waals surface area contributed by atoms with E-state index in [0.717, 1.165) is 19.4 Å². The highest BCUT2D eigenvalue weighted by molar-refractivity contribution is 5.82. The molecule has 0 aliphatic carbocycles. The molecule has 0 saturated carbocycles. The molecule has 0 spiro atoms. The Hall–Kier alpha value is -1.14. The Kier molecular flexibility index (Phi) is 3.87. The van der Waals surface area contributed by atoms with E-state index in [2.05, 4.69) is 5.32 Å². The van der Waals surface area contributed by atoms with Crippen LogP contribution in [0, 0.1) is 0 Å². The lowest BCUT2D eigenvalue weighted by Crippen LogP contribution is -2.44. The maximum atomic E-state index is 11.8. The van der Waals surface area contributed by atoms with Crippen LogP contribution in [0.15, 0.2) is 0 Å². The van der Waals surface area contributed by atoms with Gasteiger partial charge in [0.25, 0.3) is 0 Å². The Morgan fingerprint density at radius 3 is 2.67 bits per heavy atom. The summed E-state index contributed by atoms with van der Waals surface area (Å²) in [5.41, 5.74) is -0.291. The molecule has 18 heavy (non-hydrogen) atoms. The molecule has 0 aromatic carbocycles. The van der Waals surface area contributed by atoms with Gasteiger partial charge in [0.2, 0.25) is 5.91 Å². The van der Waals surface area contributed by atoms with Gasteiger partial charge in [-0.15, -0.1) is 0 Å². The van der Waals surface area contributed by atoms with Crippen LogP contribution < -0.4 is 5.32 Å². The standard InChI is InChI=1S/C12H19NO5/c1-12(5-2-6-17-12)7-13-10(14)8-3-4-9(18-8)11(15)16/h8-9H,2-7H2,1H3,(H,13,14)(H,15,16). The van der Waals surface area contributed by atoms with E-state index >= 15 is 0 Å². The molecule has 2 aliphatic heterocycles. The number of rotatable bonds is 4. The Balaban J connectivity index is 1.77. The quantitative estimate of drug-likeness (QED) is 0.757. The number of ether oxygens (including phenoxy) is 2. The molecule has 0 aromatic heterocycles. The second kappa shape index (κ2) is 5.24. The molecule has 3 unspecified atom stereocenters. The lowest BCUT2D eigenvalue weighted by molar-refractivity contribution is -0.152. The van der Waals surface area contributed by atoms with E-state index in [0.29, 0.717) is 19.4 Å². The molecule has 0 bridgehead atoms. The van der Waals surface area contributed by atoms with Crippen LogP contribution in [-0.4, -0.2) is 47.9 Å². The van der Waals surface area contributed by atoms with Crippen LogP contribution in [0.1, 0.15) is 32.6 Å². The number of carboxylic acids is 1. The maximum absolute atomic E-state index is 11.8. The molecule has 2 heterocycles. The average molecular weight is 257 g/mol. The molecule has 0 aromatic rings. The first kappa shape index (κ1) is 13.3. The summed E-state index contributed by atoms with van der Waals surface area (Å²) >= 11 is 0. The predicted molar refractivity (Wildman–Crippen MR) is 62.1 cm³/mol. The molecule has 6 heteroatoms. The summed E-state index contributed by atoms with van der Waals surface area (Å²) in [6.45, 7) is 3.15. The number of hydrogen-bond donors (Lipinski definition) is 2. The predicted octanol–water partition coefficient (Wildman–Crippen LogP) is 0.304. The fourth-order valence-corrected chi connectivity index (χ4v) is 2.38. The molecule has 1 amide bonds. The highest BCUT2D eigenvalue weighted by Gasteiger charge is 2.36. The highest BCUT2D eigenvalue weighted by atomic mass is 16.5. The average Bonchev–Trinajstić information content (AvgIpc) is 2.95. The third-order valence-corrected chi connectivity index (χ3v) is 3.52. The Labute approximate surface area is 106 Å². The molecule has 2 rings (SSSR count). The summed E-state index contributed by atoms with van der Waals surface area (Å²) in [5, 5.41) is 11.6. The van der Waals surface area contributed by atoms with E-state index in [1.54, 1.807) is 0 Å². The van der Waals surface area contributed by atoms with E-state index < -0.39 is 18.2 Å². The van der Waals surface area contributed by atoms with Gasteiger partial charge in [0, 0.05) is 13.2 Å². The van der Waals surface area contributed by atoms with Gasteiger partial charge in [-0.1, -0.05) is 0 Å². The molecule has 2 saturated heterocycles. The van der Waals surface area contributed by atoms with Gasteiger partial charge in [-0.3, -0.25) is 4.79 Å². The summed E-state index contributed by atoms with van der Waals surface area (Å²) in [5.74, 6) is -1.24. The third kappa shape index (κ3) is 3.00. The van der Waals surface area contributed by atoms with Crippen LogP contribution in [0.5, 0.6) is 0 Å². The van der Waals surface area contributed by atoms with Crippen molar-refractivity contribution in [3.63, 3.8) is 0 Å². The molecule has 3 atom stereocenters. The molecule has 2 N–H and O–H groups in total. The first-order chi connectivity index (χ1) is 8.50. The van der Waals surface area contributed by atoms with E-state index in [-0.39, 0.29) is 11.5 Å². The Bertz CT molecular complexity index is 337. The van der Waals surface area contributed by atoms with E-state index in [1.807, 2.05) is 6.92 Å². The molecular formula is C12H19NO5. The molecular weight excluding hydrogens is 238 g/mol. The fraction of sp³-hybridized carbons (Fsp3) is 0.833. The number of hydrogen-bond acceptors (Lipinski definition) is 4. The smallest absolute Gasteiger partial charge is 0.332 e. The van der Waals surface area contributed by atoms with Crippen LogP contribution in [0.2, 0.25) is 0 Å². The van der Waals surface area contributed by atoms with Crippen molar-refractivity contribution in [1.82, 2.24) is 5.32 Å². The minimum Gasteiger partial charge on any atom is -0.479 e. The fourth-order valence-electron chi connectivity index (χ4n) is 2.38. The zero-order valence-corrected chi connectivity index (χ0v) is 10.5. The highest BCUT2D eigenvalue weighted by Crippen LogP contribution is 2.24. The minimum atomic E-state index is -1.00. The Morgan fingerprint density at radius 1 is 1.39 bits per heavy atom. The van der Waals surface area contributed by atoms with Crippen molar-refractivity contribution < 1.29 is 24.2 Å². The number of nitrogens with one attached hydrogen (secondary N) is 1. The number of amides is 1. The van der Waals surface area contributed by atoms with E-state index in [9.17, 15) is 9.59 Å². The zero-order chi connectivity index (χ0) is 13.2.